The summed E-state index contributed by atoms with van der Waals surface area (Å²) in [5, 5.41) is 2.02. The molecule has 9 aromatic rings. The molecule has 1 aliphatic rings. The van der Waals surface area contributed by atoms with Crippen LogP contribution in [0.5, 0.6) is 0 Å². The van der Waals surface area contributed by atoms with Crippen molar-refractivity contribution in [2.45, 2.75) is 12.3 Å². The summed E-state index contributed by atoms with van der Waals surface area (Å²) in [6.07, 6.45) is 5.53. The minimum atomic E-state index is 0.194. The van der Waals surface area contributed by atoms with Crippen LogP contribution >= 0.6 is 0 Å². The summed E-state index contributed by atoms with van der Waals surface area (Å²) in [5.74, 6) is 2.05. The largest absolute Gasteiger partial charge is 0.455 e. The van der Waals surface area contributed by atoms with Gasteiger partial charge in [-0.3, -0.25) is 0 Å². The van der Waals surface area contributed by atoms with E-state index in [1.165, 1.54) is 27.8 Å². The summed E-state index contributed by atoms with van der Waals surface area (Å²) in [6, 6.07) is 59.0. The average molecular weight is 680 g/mol. The minimum absolute atomic E-state index is 0.194. The van der Waals surface area contributed by atoms with E-state index in [4.69, 9.17) is 19.4 Å². The van der Waals surface area contributed by atoms with Crippen LogP contribution in [0.3, 0.4) is 0 Å². The molecule has 0 aliphatic heterocycles. The number of benzene rings is 7. The number of hydrogen-bond acceptors (Lipinski definition) is 4. The molecule has 0 saturated heterocycles. The Labute approximate surface area is 307 Å². The first-order valence-electron chi connectivity index (χ1n) is 18.0. The zero-order valence-electron chi connectivity index (χ0n) is 28.9. The highest BCUT2D eigenvalue weighted by Crippen LogP contribution is 2.41. The maximum atomic E-state index is 6.62. The van der Waals surface area contributed by atoms with E-state index in [0.717, 1.165) is 56.2 Å². The molecule has 0 amide bonds. The van der Waals surface area contributed by atoms with Crippen molar-refractivity contribution in [3.63, 3.8) is 0 Å². The molecule has 1 unspecified atom stereocenters. The van der Waals surface area contributed by atoms with Crippen molar-refractivity contribution in [3.05, 3.63) is 193 Å². The van der Waals surface area contributed by atoms with E-state index < -0.39 is 0 Å². The summed E-state index contributed by atoms with van der Waals surface area (Å²) in [7, 11) is 0. The van der Waals surface area contributed by atoms with Crippen molar-refractivity contribution in [3.8, 4) is 56.4 Å². The molecule has 10 rings (SSSR count). The molecule has 0 fully saturated rings. The van der Waals surface area contributed by atoms with Crippen LogP contribution in [-0.4, -0.2) is 15.0 Å². The van der Waals surface area contributed by atoms with Gasteiger partial charge in [0, 0.05) is 38.9 Å². The predicted octanol–water partition coefficient (Wildman–Crippen LogP) is 12.5. The molecule has 0 spiro atoms. The molecule has 7 aromatic carbocycles. The second-order valence-corrected chi connectivity index (χ2v) is 13.5. The monoisotopic (exact) mass is 679 g/mol. The second kappa shape index (κ2) is 13.0. The van der Waals surface area contributed by atoms with Crippen molar-refractivity contribution >= 4 is 28.0 Å². The molecule has 1 atom stereocenters. The first-order valence-corrected chi connectivity index (χ1v) is 18.0. The standard InChI is InChI=1S/C49H33N3O/c1-4-15-33(16-5-1)39-29-28-38(31-43(39)37-27-26-32-14-10-11-21-36(32)30-37)48-50-47(35-19-8-3-9-20-35)51-49(52-48)42-24-13-25-44-45(42)41-23-12-22-40(46(41)53-44)34-17-6-2-7-18-34/h1-29,31,37H,30H2. The predicted molar refractivity (Wildman–Crippen MR) is 216 cm³/mol. The summed E-state index contributed by atoms with van der Waals surface area (Å²) in [4.78, 5) is 15.5. The molecular weight excluding hydrogens is 647 g/mol. The molecule has 0 radical (unpaired) electrons. The maximum Gasteiger partial charge on any atom is 0.164 e. The first-order chi connectivity index (χ1) is 26.3. The van der Waals surface area contributed by atoms with Gasteiger partial charge in [-0.25, -0.2) is 15.0 Å². The van der Waals surface area contributed by atoms with Gasteiger partial charge in [-0.15, -0.1) is 0 Å². The molecule has 1 aliphatic carbocycles. The minimum Gasteiger partial charge on any atom is -0.455 e. The third-order valence-corrected chi connectivity index (χ3v) is 10.3. The Balaban J connectivity index is 1.17. The maximum absolute atomic E-state index is 6.62. The molecule has 4 nitrogen and oxygen atoms in total. The fourth-order valence-electron chi connectivity index (χ4n) is 7.73. The third kappa shape index (κ3) is 5.62. The number of hydrogen-bond donors (Lipinski definition) is 0. The molecular formula is C49H33N3O. The van der Waals surface area contributed by atoms with Gasteiger partial charge in [-0.05, 0) is 51.9 Å². The van der Waals surface area contributed by atoms with Gasteiger partial charge in [0.1, 0.15) is 11.2 Å². The van der Waals surface area contributed by atoms with Crippen LogP contribution in [-0.2, 0) is 6.42 Å². The SMILES string of the molecule is C1=CC(c2cc(-c3nc(-c4ccccc4)nc(-c4cccc5oc6c(-c7ccccc7)cccc6c45)n3)ccc2-c2ccccc2)Cc2ccccc21. The van der Waals surface area contributed by atoms with Crippen LogP contribution in [0.2, 0.25) is 0 Å². The van der Waals surface area contributed by atoms with E-state index in [1.54, 1.807) is 0 Å². The van der Waals surface area contributed by atoms with Crippen molar-refractivity contribution in [2.75, 3.05) is 0 Å². The lowest BCUT2D eigenvalue weighted by atomic mass is 9.81. The van der Waals surface area contributed by atoms with Crippen molar-refractivity contribution in [2.24, 2.45) is 0 Å². The Morgan fingerprint density at radius 2 is 1.09 bits per heavy atom. The van der Waals surface area contributed by atoms with Gasteiger partial charge in [0.2, 0.25) is 0 Å². The fourth-order valence-corrected chi connectivity index (χ4v) is 7.73. The highest BCUT2D eigenvalue weighted by molar-refractivity contribution is 6.15. The van der Waals surface area contributed by atoms with Crippen molar-refractivity contribution < 1.29 is 4.42 Å². The number of rotatable bonds is 6. The number of fused-ring (bicyclic) bond motifs is 4. The molecule has 0 saturated carbocycles. The third-order valence-electron chi connectivity index (χ3n) is 10.3. The van der Waals surface area contributed by atoms with E-state index in [-0.39, 0.29) is 5.92 Å². The molecule has 250 valence electrons. The van der Waals surface area contributed by atoms with Gasteiger partial charge < -0.3 is 4.42 Å². The van der Waals surface area contributed by atoms with Gasteiger partial charge in [0.05, 0.1) is 0 Å². The molecule has 2 aromatic heterocycles. The van der Waals surface area contributed by atoms with Crippen molar-refractivity contribution in [1.29, 1.82) is 0 Å². The topological polar surface area (TPSA) is 51.8 Å². The smallest absolute Gasteiger partial charge is 0.164 e. The van der Waals surface area contributed by atoms with Crippen LogP contribution in [0, 0.1) is 0 Å². The summed E-state index contributed by atoms with van der Waals surface area (Å²) in [5.41, 5.74) is 12.9. The summed E-state index contributed by atoms with van der Waals surface area (Å²) < 4.78 is 6.62. The summed E-state index contributed by atoms with van der Waals surface area (Å²) in [6.45, 7) is 0. The number of para-hydroxylation sites is 1. The Bertz CT molecular complexity index is 2800. The van der Waals surface area contributed by atoms with E-state index in [0.29, 0.717) is 17.5 Å². The molecule has 0 N–H and O–H groups in total. The van der Waals surface area contributed by atoms with E-state index in [1.807, 2.05) is 36.4 Å². The highest BCUT2D eigenvalue weighted by Gasteiger charge is 2.23. The lowest BCUT2D eigenvalue weighted by Crippen LogP contribution is -2.08. The second-order valence-electron chi connectivity index (χ2n) is 13.5. The van der Waals surface area contributed by atoms with Gasteiger partial charge in [0.25, 0.3) is 0 Å². The van der Waals surface area contributed by atoms with Gasteiger partial charge in [-0.2, -0.15) is 0 Å². The summed E-state index contributed by atoms with van der Waals surface area (Å²) >= 11 is 0. The Kier molecular flexibility index (Phi) is 7.58. The average Bonchev–Trinajstić information content (AvgIpc) is 3.63. The van der Waals surface area contributed by atoms with Crippen LogP contribution in [0.25, 0.3) is 84.4 Å². The molecule has 53 heavy (non-hydrogen) atoms. The first kappa shape index (κ1) is 30.9. The van der Waals surface area contributed by atoms with E-state index in [9.17, 15) is 0 Å². The Morgan fingerprint density at radius 3 is 1.87 bits per heavy atom. The number of aromatic nitrogens is 3. The fraction of sp³-hybridized carbons (Fsp3) is 0.0408. The number of allylic oxidation sites excluding steroid dienone is 1. The van der Waals surface area contributed by atoms with Gasteiger partial charge in [-0.1, -0.05) is 170 Å². The van der Waals surface area contributed by atoms with E-state index in [2.05, 4.69) is 146 Å². The molecule has 2 heterocycles. The lowest BCUT2D eigenvalue weighted by molar-refractivity contribution is 0.670. The zero-order valence-corrected chi connectivity index (χ0v) is 28.9. The highest BCUT2D eigenvalue weighted by atomic mass is 16.3. The van der Waals surface area contributed by atoms with Gasteiger partial charge in [0.15, 0.2) is 17.5 Å². The quantitative estimate of drug-likeness (QED) is 0.175. The van der Waals surface area contributed by atoms with Crippen LogP contribution < -0.4 is 0 Å². The lowest BCUT2D eigenvalue weighted by Gasteiger charge is -2.23. The van der Waals surface area contributed by atoms with Crippen LogP contribution in [0.1, 0.15) is 22.6 Å². The van der Waals surface area contributed by atoms with Gasteiger partial charge >= 0.3 is 0 Å². The Morgan fingerprint density at radius 1 is 0.472 bits per heavy atom. The van der Waals surface area contributed by atoms with Crippen LogP contribution in [0.15, 0.2) is 180 Å². The molecule has 0 bridgehead atoms. The number of furan rings is 1. The normalized spacial score (nSPS) is 13.7. The van der Waals surface area contributed by atoms with E-state index >= 15 is 0 Å². The molecule has 4 heteroatoms. The van der Waals surface area contributed by atoms with Crippen LogP contribution in [0.4, 0.5) is 0 Å². The van der Waals surface area contributed by atoms with Crippen molar-refractivity contribution in [1.82, 2.24) is 15.0 Å². The Hall–Kier alpha value is -6.91. The zero-order chi connectivity index (χ0) is 35.1. The number of nitrogens with zero attached hydrogens (tertiary/aromatic N) is 3.